The van der Waals surface area contributed by atoms with Gasteiger partial charge in [0, 0.05) is 5.56 Å². The molecule has 0 aliphatic heterocycles. The lowest BCUT2D eigenvalue weighted by molar-refractivity contribution is -0.139. The first kappa shape index (κ1) is 15.5. The summed E-state index contributed by atoms with van der Waals surface area (Å²) in [6.45, 7) is 1.42. The summed E-state index contributed by atoms with van der Waals surface area (Å²) >= 11 is 0. The number of ether oxygens (including phenoxy) is 1. The number of benzene rings is 1. The summed E-state index contributed by atoms with van der Waals surface area (Å²) in [5.41, 5.74) is 5.24. The minimum atomic E-state index is -1.08. The molecule has 0 saturated carbocycles. The Kier molecular flexibility index (Phi) is 5.52. The van der Waals surface area contributed by atoms with Crippen LogP contribution in [0.4, 0.5) is 0 Å². The van der Waals surface area contributed by atoms with Crippen LogP contribution in [0.1, 0.15) is 23.7 Å². The molecule has 1 atom stereocenters. The van der Waals surface area contributed by atoms with Gasteiger partial charge in [0.25, 0.3) is 11.8 Å². The number of hydrogen-bond acceptors (Lipinski definition) is 4. The third-order valence-corrected chi connectivity index (χ3v) is 2.51. The van der Waals surface area contributed by atoms with Crippen molar-refractivity contribution in [3.8, 4) is 5.75 Å². The van der Waals surface area contributed by atoms with Crippen molar-refractivity contribution in [2.75, 3.05) is 6.61 Å². The maximum atomic E-state index is 11.8. The zero-order valence-corrected chi connectivity index (χ0v) is 11.0. The van der Waals surface area contributed by atoms with Crippen molar-refractivity contribution >= 4 is 17.8 Å². The Bertz CT molecular complexity index is 498. The molecule has 7 heteroatoms. The Morgan fingerprint density at radius 3 is 2.35 bits per heavy atom. The molecule has 0 spiro atoms. The number of hydrogen-bond donors (Lipinski definition) is 3. The van der Waals surface area contributed by atoms with Crippen molar-refractivity contribution in [2.24, 2.45) is 5.73 Å². The molecule has 0 aliphatic carbocycles. The maximum absolute atomic E-state index is 11.8. The van der Waals surface area contributed by atoms with Crippen molar-refractivity contribution in [2.45, 2.75) is 19.4 Å². The summed E-state index contributed by atoms with van der Waals surface area (Å²) in [4.78, 5) is 33.2. The summed E-state index contributed by atoms with van der Waals surface area (Å²) in [6, 6.07) is 5.02. The molecule has 1 aromatic carbocycles. The van der Waals surface area contributed by atoms with Gasteiger partial charge in [-0.05, 0) is 30.7 Å². The minimum absolute atomic E-state index is 0.248. The van der Waals surface area contributed by atoms with Gasteiger partial charge in [0.15, 0.2) is 6.61 Å². The molecule has 108 valence electrons. The van der Waals surface area contributed by atoms with Crippen LogP contribution in [0, 0.1) is 0 Å². The van der Waals surface area contributed by atoms with Gasteiger partial charge in [-0.15, -0.1) is 0 Å². The number of primary amides is 1. The summed E-state index contributed by atoms with van der Waals surface area (Å²) in [5.74, 6) is -1.77. The van der Waals surface area contributed by atoms with Crippen LogP contribution in [0.15, 0.2) is 24.3 Å². The van der Waals surface area contributed by atoms with Crippen LogP contribution < -0.4 is 15.8 Å². The normalized spacial score (nSPS) is 11.4. The fraction of sp³-hybridized carbons (Fsp3) is 0.308. The molecule has 1 rings (SSSR count). The largest absolute Gasteiger partial charge is 0.484 e. The first-order valence-electron chi connectivity index (χ1n) is 5.99. The van der Waals surface area contributed by atoms with Gasteiger partial charge in [-0.2, -0.15) is 0 Å². The highest BCUT2D eigenvalue weighted by Gasteiger charge is 2.18. The van der Waals surface area contributed by atoms with E-state index >= 15 is 0 Å². The first-order chi connectivity index (χ1) is 9.43. The van der Waals surface area contributed by atoms with E-state index in [-0.39, 0.29) is 6.61 Å². The lowest BCUT2D eigenvalue weighted by Crippen LogP contribution is -2.40. The molecule has 0 aliphatic rings. The van der Waals surface area contributed by atoms with E-state index in [4.69, 9.17) is 15.6 Å². The Morgan fingerprint density at radius 2 is 1.90 bits per heavy atom. The van der Waals surface area contributed by atoms with Gasteiger partial charge < -0.3 is 20.9 Å². The number of rotatable bonds is 7. The van der Waals surface area contributed by atoms with Gasteiger partial charge in [0.2, 0.25) is 0 Å². The third kappa shape index (κ3) is 4.60. The number of carbonyl (C=O) groups is 3. The second kappa shape index (κ2) is 7.13. The van der Waals surface area contributed by atoms with Gasteiger partial charge in [-0.3, -0.25) is 9.59 Å². The zero-order chi connectivity index (χ0) is 15.1. The second-order valence-corrected chi connectivity index (χ2v) is 4.05. The molecule has 1 unspecified atom stereocenters. The van der Waals surface area contributed by atoms with E-state index < -0.39 is 23.8 Å². The van der Waals surface area contributed by atoms with Crippen LogP contribution >= 0.6 is 0 Å². The summed E-state index contributed by atoms with van der Waals surface area (Å²) < 4.78 is 5.04. The van der Waals surface area contributed by atoms with Crippen molar-refractivity contribution in [3.05, 3.63) is 29.8 Å². The number of nitrogens with two attached hydrogens (primary N) is 1. The van der Waals surface area contributed by atoms with Gasteiger partial charge in [0.1, 0.15) is 11.8 Å². The van der Waals surface area contributed by atoms with Gasteiger partial charge in [-0.25, -0.2) is 4.79 Å². The predicted molar refractivity (Wildman–Crippen MR) is 70.3 cm³/mol. The SMILES string of the molecule is CCC(NC(=O)c1ccc(OCC(N)=O)cc1)C(=O)O. The Labute approximate surface area is 115 Å². The van der Waals surface area contributed by atoms with Crippen molar-refractivity contribution in [3.63, 3.8) is 0 Å². The molecule has 20 heavy (non-hydrogen) atoms. The van der Waals surface area contributed by atoms with Gasteiger partial charge in [0.05, 0.1) is 0 Å². The van der Waals surface area contributed by atoms with E-state index in [1.807, 2.05) is 0 Å². The van der Waals surface area contributed by atoms with Crippen LogP contribution in [-0.2, 0) is 9.59 Å². The second-order valence-electron chi connectivity index (χ2n) is 4.05. The molecular weight excluding hydrogens is 264 g/mol. The Hall–Kier alpha value is -2.57. The highest BCUT2D eigenvalue weighted by atomic mass is 16.5. The molecule has 0 fully saturated rings. The average molecular weight is 280 g/mol. The van der Waals surface area contributed by atoms with Crippen molar-refractivity contribution in [1.29, 1.82) is 0 Å². The minimum Gasteiger partial charge on any atom is -0.484 e. The van der Waals surface area contributed by atoms with Crippen LogP contribution in [0.2, 0.25) is 0 Å². The van der Waals surface area contributed by atoms with Crippen LogP contribution in [0.5, 0.6) is 5.75 Å². The van der Waals surface area contributed by atoms with Crippen LogP contribution in [0.3, 0.4) is 0 Å². The Balaban J connectivity index is 2.65. The van der Waals surface area contributed by atoms with Gasteiger partial charge in [-0.1, -0.05) is 6.92 Å². The summed E-state index contributed by atoms with van der Waals surface area (Å²) in [5, 5.41) is 11.3. The zero-order valence-electron chi connectivity index (χ0n) is 11.0. The first-order valence-corrected chi connectivity index (χ1v) is 5.99. The fourth-order valence-corrected chi connectivity index (χ4v) is 1.44. The highest BCUT2D eigenvalue weighted by molar-refractivity contribution is 5.96. The van der Waals surface area contributed by atoms with E-state index in [0.29, 0.717) is 17.7 Å². The molecule has 0 aromatic heterocycles. The van der Waals surface area contributed by atoms with Crippen molar-refractivity contribution in [1.82, 2.24) is 5.32 Å². The molecule has 0 saturated heterocycles. The van der Waals surface area contributed by atoms with Gasteiger partial charge >= 0.3 is 5.97 Å². The van der Waals surface area contributed by atoms with Crippen LogP contribution in [0.25, 0.3) is 0 Å². The molecular formula is C13H16N2O5. The molecule has 7 nitrogen and oxygen atoms in total. The smallest absolute Gasteiger partial charge is 0.326 e. The number of nitrogens with one attached hydrogen (secondary N) is 1. The standard InChI is InChI=1S/C13H16N2O5/c1-2-10(13(18)19)15-12(17)8-3-5-9(6-4-8)20-7-11(14)16/h3-6,10H,2,7H2,1H3,(H2,14,16)(H,15,17)(H,18,19). The molecule has 0 bridgehead atoms. The predicted octanol–water partition coefficient (Wildman–Crippen LogP) is 0.144. The number of carbonyl (C=O) groups excluding carboxylic acids is 2. The quantitative estimate of drug-likeness (QED) is 0.656. The summed E-state index contributed by atoms with van der Waals surface area (Å²) in [6.07, 6.45) is 0.293. The number of amides is 2. The number of carboxylic acid groups (broad SMARTS) is 1. The molecule has 0 radical (unpaired) electrons. The van der Waals surface area contributed by atoms with E-state index in [9.17, 15) is 14.4 Å². The third-order valence-electron chi connectivity index (χ3n) is 2.51. The van der Waals surface area contributed by atoms with E-state index in [1.54, 1.807) is 6.92 Å². The Morgan fingerprint density at radius 1 is 1.30 bits per heavy atom. The lowest BCUT2D eigenvalue weighted by atomic mass is 10.1. The maximum Gasteiger partial charge on any atom is 0.326 e. The molecule has 2 amide bonds. The average Bonchev–Trinajstić information content (AvgIpc) is 2.42. The fourth-order valence-electron chi connectivity index (χ4n) is 1.44. The number of carboxylic acids is 1. The number of aliphatic carboxylic acids is 1. The summed E-state index contributed by atoms with van der Waals surface area (Å²) in [7, 11) is 0. The van der Waals surface area contributed by atoms with E-state index in [1.165, 1.54) is 24.3 Å². The van der Waals surface area contributed by atoms with E-state index in [2.05, 4.69) is 5.32 Å². The lowest BCUT2D eigenvalue weighted by Gasteiger charge is -2.12. The van der Waals surface area contributed by atoms with E-state index in [0.717, 1.165) is 0 Å². The highest BCUT2D eigenvalue weighted by Crippen LogP contribution is 2.12. The molecule has 1 aromatic rings. The van der Waals surface area contributed by atoms with Crippen molar-refractivity contribution < 1.29 is 24.2 Å². The van der Waals surface area contributed by atoms with Crippen LogP contribution in [-0.4, -0.2) is 35.5 Å². The topological polar surface area (TPSA) is 119 Å². The molecule has 4 N–H and O–H groups in total. The monoisotopic (exact) mass is 280 g/mol. The molecule has 0 heterocycles.